The number of ether oxygens (including phenoxy) is 3. The van der Waals surface area contributed by atoms with Crippen LogP contribution in [0.25, 0.3) is 0 Å². The van der Waals surface area contributed by atoms with E-state index in [1.54, 1.807) is 0 Å². The minimum Gasteiger partial charge on any atom is -0.508 e. The Morgan fingerprint density at radius 1 is 1.04 bits per heavy atom. The number of anilines is 1. The van der Waals surface area contributed by atoms with E-state index in [0.29, 0.717) is 42.7 Å². The van der Waals surface area contributed by atoms with E-state index in [1.807, 2.05) is 25.1 Å². The van der Waals surface area contributed by atoms with E-state index in [1.165, 1.54) is 50.9 Å². The van der Waals surface area contributed by atoms with Gasteiger partial charge in [-0.3, -0.25) is 4.79 Å². The van der Waals surface area contributed by atoms with Crippen LogP contribution in [0, 0.1) is 11.8 Å². The van der Waals surface area contributed by atoms with Gasteiger partial charge in [-0.15, -0.1) is 0 Å². The van der Waals surface area contributed by atoms with Crippen molar-refractivity contribution in [1.82, 2.24) is 5.32 Å². The number of amides is 1. The molecule has 4 atom stereocenters. The largest absolute Gasteiger partial charge is 0.508 e. The lowest BCUT2D eigenvalue weighted by molar-refractivity contribution is -0.946. The molecule has 4 fully saturated rings. The number of nitrogens with zero attached hydrogens (tertiary/aromatic N) is 1. The zero-order valence-electron chi connectivity index (χ0n) is 29.8. The van der Waals surface area contributed by atoms with E-state index >= 15 is 0 Å². The van der Waals surface area contributed by atoms with Crippen molar-refractivity contribution < 1.29 is 38.8 Å². The second-order valence-electron chi connectivity index (χ2n) is 15.3. The number of carbonyl (C=O) groups excluding carboxylic acids is 1. The third kappa shape index (κ3) is 8.11. The molecule has 1 saturated carbocycles. The van der Waals surface area contributed by atoms with Gasteiger partial charge >= 0.3 is 0 Å². The van der Waals surface area contributed by atoms with Gasteiger partial charge in [0, 0.05) is 43.0 Å². The van der Waals surface area contributed by atoms with Gasteiger partial charge in [0.05, 0.1) is 44.7 Å². The van der Waals surface area contributed by atoms with Gasteiger partial charge in [-0.1, -0.05) is 67.4 Å². The van der Waals surface area contributed by atoms with Crippen LogP contribution < -0.4 is 15.4 Å². The van der Waals surface area contributed by atoms with Gasteiger partial charge in [0.15, 0.2) is 6.61 Å². The smallest absolute Gasteiger partial charge is 0.262 e. The third-order valence-corrected chi connectivity index (χ3v) is 12.0. The molecule has 5 aliphatic rings. The molecule has 10 heteroatoms. The van der Waals surface area contributed by atoms with Crippen molar-refractivity contribution in [2.75, 3.05) is 57.9 Å². The summed E-state index contributed by atoms with van der Waals surface area (Å²) < 4.78 is 19.5. The summed E-state index contributed by atoms with van der Waals surface area (Å²) in [5.74, 6) is 0.858. The highest BCUT2D eigenvalue weighted by atomic mass is 16.5. The molecule has 8 rings (SSSR count). The number of benzene rings is 3. The maximum absolute atomic E-state index is 12.0. The Balaban J connectivity index is 0.868. The summed E-state index contributed by atoms with van der Waals surface area (Å²) in [4.78, 5) is 11.7. The van der Waals surface area contributed by atoms with Crippen LogP contribution >= 0.6 is 0 Å². The van der Waals surface area contributed by atoms with Crippen LogP contribution in [0.2, 0.25) is 0 Å². The molecular weight excluding hydrogens is 646 g/mol. The fourth-order valence-electron chi connectivity index (χ4n) is 8.85. The summed E-state index contributed by atoms with van der Waals surface area (Å²) in [7, 11) is 0. The molecule has 4 aliphatic heterocycles. The molecule has 2 bridgehead atoms. The van der Waals surface area contributed by atoms with Crippen molar-refractivity contribution >= 4 is 11.6 Å². The van der Waals surface area contributed by atoms with Crippen LogP contribution in [0.3, 0.4) is 0 Å². The first-order valence-electron chi connectivity index (χ1n) is 18.8. The van der Waals surface area contributed by atoms with E-state index in [0.717, 1.165) is 47.1 Å². The van der Waals surface area contributed by atoms with Gasteiger partial charge in [0.25, 0.3) is 5.91 Å². The summed E-state index contributed by atoms with van der Waals surface area (Å²) in [5.41, 5.74) is 3.05. The predicted octanol–water partition coefficient (Wildman–Crippen LogP) is 5.33. The number of carbonyl (C=O) groups is 1. The van der Waals surface area contributed by atoms with Gasteiger partial charge in [0.2, 0.25) is 0 Å². The second-order valence-corrected chi connectivity index (χ2v) is 15.3. The number of rotatable bonds is 15. The number of aliphatic hydroxyl groups is 2. The fourth-order valence-corrected chi connectivity index (χ4v) is 8.85. The van der Waals surface area contributed by atoms with E-state index in [2.05, 4.69) is 47.0 Å². The van der Waals surface area contributed by atoms with E-state index < -0.39 is 11.7 Å². The average molecular weight is 701 g/mol. The van der Waals surface area contributed by atoms with Crippen molar-refractivity contribution in [2.24, 2.45) is 11.8 Å². The van der Waals surface area contributed by atoms with Crippen LogP contribution in [0.4, 0.5) is 5.69 Å². The summed E-state index contributed by atoms with van der Waals surface area (Å²) in [6, 6.07) is 21.4. The van der Waals surface area contributed by atoms with Gasteiger partial charge in [-0.05, 0) is 48.4 Å². The Labute approximate surface area is 301 Å². The number of hydrogen-bond donors (Lipinski definition) is 5. The number of aliphatic hydroxyl groups excluding tert-OH is 1. The molecule has 274 valence electrons. The first-order valence-corrected chi connectivity index (χ1v) is 18.8. The molecule has 0 spiro atoms. The minimum absolute atomic E-state index is 0.0294. The first kappa shape index (κ1) is 35.9. The molecule has 4 heterocycles. The maximum atomic E-state index is 12.0. The highest BCUT2D eigenvalue weighted by Gasteiger charge is 2.48. The number of phenols is 1. The topological polar surface area (TPSA) is 130 Å². The van der Waals surface area contributed by atoms with Crippen molar-refractivity contribution in [3.05, 3.63) is 89.0 Å². The first-order chi connectivity index (χ1) is 24.7. The van der Waals surface area contributed by atoms with Crippen LogP contribution in [0.15, 0.2) is 66.7 Å². The molecule has 1 amide bonds. The van der Waals surface area contributed by atoms with Crippen molar-refractivity contribution in [3.8, 4) is 11.5 Å². The highest BCUT2D eigenvalue weighted by molar-refractivity contribution is 5.96. The molecular formula is C41H54N3O7+. The number of piperidine rings is 3. The maximum Gasteiger partial charge on any atom is 0.262 e. The van der Waals surface area contributed by atoms with Crippen LogP contribution in [-0.4, -0.2) is 84.4 Å². The van der Waals surface area contributed by atoms with Gasteiger partial charge < -0.3 is 44.6 Å². The summed E-state index contributed by atoms with van der Waals surface area (Å²) in [6.45, 7) is 8.07. The second kappa shape index (κ2) is 15.6. The van der Waals surface area contributed by atoms with Crippen LogP contribution in [0.1, 0.15) is 79.8 Å². The Kier molecular flexibility index (Phi) is 11.0. The highest BCUT2D eigenvalue weighted by Crippen LogP contribution is 2.43. The lowest BCUT2D eigenvalue weighted by Crippen LogP contribution is -2.65. The summed E-state index contributed by atoms with van der Waals surface area (Å²) in [5, 5.41) is 39.1. The van der Waals surface area contributed by atoms with Gasteiger partial charge in [-0.2, -0.15) is 0 Å². The minimum atomic E-state index is -0.940. The molecule has 0 unspecified atom stereocenters. The Morgan fingerprint density at radius 3 is 2.53 bits per heavy atom. The Morgan fingerprint density at radius 2 is 1.78 bits per heavy atom. The monoisotopic (exact) mass is 700 g/mol. The van der Waals surface area contributed by atoms with E-state index in [-0.39, 0.29) is 42.9 Å². The van der Waals surface area contributed by atoms with Crippen molar-refractivity contribution in [1.29, 1.82) is 0 Å². The normalized spacial score (nSPS) is 25.4. The van der Waals surface area contributed by atoms with E-state index in [4.69, 9.17) is 14.2 Å². The van der Waals surface area contributed by atoms with Gasteiger partial charge in [0.1, 0.15) is 36.3 Å². The molecule has 10 nitrogen and oxygen atoms in total. The zero-order valence-corrected chi connectivity index (χ0v) is 29.8. The average Bonchev–Trinajstić information content (AvgIpc) is 3.71. The lowest BCUT2D eigenvalue weighted by Gasteiger charge is -2.52. The zero-order chi connectivity index (χ0) is 35.4. The number of aromatic hydroxyl groups is 1. The molecule has 0 aromatic heterocycles. The molecule has 3 aromatic carbocycles. The Bertz CT molecular complexity index is 1620. The van der Waals surface area contributed by atoms with Crippen LogP contribution in [0.5, 0.6) is 11.5 Å². The molecule has 3 saturated heterocycles. The number of phenolic OH excluding ortho intramolecular Hbond substituents is 1. The fraction of sp³-hybridized carbons (Fsp3) is 0.537. The standard InChI is InChI=1S/C41H53N3O7/c1-28(42-23-37(46)35-21-34(45)22-36-40(35)50-26-39(47)43-36)30-13-11-29(12-14-30)25-49-20-19-44-17-15-31(16-18-44)38(24-44)51-27-41(48,33-9-5-6-10-33)32-7-3-2-4-8-32/h2-4,7-8,11-14,21-22,28,31,33,37-38,42,46,48H,5-6,9-10,15-20,23-27H2,1H3,(H-,43,45,47)/p+1/t28-,31?,37-,38-,41+,44?/m0/s1. The molecule has 1 aliphatic carbocycles. The van der Waals surface area contributed by atoms with E-state index in [9.17, 15) is 20.1 Å². The third-order valence-electron chi connectivity index (χ3n) is 12.0. The van der Waals surface area contributed by atoms with Crippen molar-refractivity contribution in [3.63, 3.8) is 0 Å². The summed E-state index contributed by atoms with van der Waals surface area (Å²) >= 11 is 0. The lowest BCUT2D eigenvalue weighted by atomic mass is 9.80. The molecule has 0 radical (unpaired) electrons. The number of hydrogen-bond acceptors (Lipinski definition) is 8. The van der Waals surface area contributed by atoms with Crippen molar-refractivity contribution in [2.45, 2.75) is 75.9 Å². The molecule has 5 N–H and O–H groups in total. The molecule has 51 heavy (non-hydrogen) atoms. The summed E-state index contributed by atoms with van der Waals surface area (Å²) in [6.07, 6.45) is 6.07. The Hall–Kier alpha value is -3.51. The number of quaternary nitrogens is 1. The number of nitrogens with one attached hydrogen (secondary N) is 2. The van der Waals surface area contributed by atoms with Gasteiger partial charge in [-0.25, -0.2) is 0 Å². The predicted molar refractivity (Wildman–Crippen MR) is 194 cm³/mol. The SMILES string of the molecule is C[C@H](NC[C@H](O)c1cc(O)cc2c1OCC(=O)N2)c1ccc(COCC[N+]23CCC(CC2)[C@@H](OC[C@@](O)(c2ccccc2)C2CCCC2)C3)cc1. The van der Waals surface area contributed by atoms with Crippen LogP contribution in [-0.2, 0) is 26.5 Å². The molecule has 3 aromatic rings. The quantitative estimate of drug-likeness (QED) is 0.106. The number of fused-ring (bicyclic) bond motifs is 4.